The Morgan fingerprint density at radius 1 is 0.574 bits per heavy atom. The van der Waals surface area contributed by atoms with Crippen molar-refractivity contribution in [3.8, 4) is 22.6 Å². The Bertz CT molecular complexity index is 1690. The molecule has 0 atom stereocenters. The number of anilines is 3. The molecular formula is C41H39NO5. The number of carbonyl (C=O) groups excluding carboxylic acids is 2. The van der Waals surface area contributed by atoms with E-state index in [4.69, 9.17) is 14.2 Å². The zero-order valence-corrected chi connectivity index (χ0v) is 26.6. The van der Waals surface area contributed by atoms with Gasteiger partial charge in [-0.25, -0.2) is 9.59 Å². The van der Waals surface area contributed by atoms with Crippen LogP contribution in [0.3, 0.4) is 0 Å². The second-order valence-corrected chi connectivity index (χ2v) is 11.2. The summed E-state index contributed by atoms with van der Waals surface area (Å²) in [5, 5.41) is 0. The van der Waals surface area contributed by atoms with Crippen molar-refractivity contribution in [1.29, 1.82) is 0 Å². The standard InChI is InChI=1S/C41H39NO5/c1-31(2)40(43)46-30-12-4-3-11-29-45-38-25-19-32(20-26-38)33-21-27-39(28-22-33)47-41(44)34-17-23-37(24-18-34)42(35-13-7-5-8-14-35)36-15-9-6-10-16-36/h5-10,13-28H,1,3-4,11-12,29-30H2,2H3. The average molecular weight is 626 g/mol. The molecule has 0 radical (unpaired) electrons. The summed E-state index contributed by atoms with van der Waals surface area (Å²) >= 11 is 0. The maximum absolute atomic E-state index is 13.0. The highest BCUT2D eigenvalue weighted by Gasteiger charge is 2.14. The SMILES string of the molecule is C=C(C)C(=O)OCCCCCCOc1ccc(-c2ccc(OC(=O)c3ccc(N(c4ccccc4)c4ccccc4)cc3)cc2)cc1. The Morgan fingerprint density at radius 2 is 1.06 bits per heavy atom. The van der Waals surface area contributed by atoms with Crippen LogP contribution in [0.5, 0.6) is 11.5 Å². The second-order valence-electron chi connectivity index (χ2n) is 11.2. The van der Waals surface area contributed by atoms with E-state index in [-0.39, 0.29) is 5.97 Å². The van der Waals surface area contributed by atoms with Crippen molar-refractivity contribution in [2.75, 3.05) is 18.1 Å². The molecule has 0 saturated carbocycles. The lowest BCUT2D eigenvalue weighted by Gasteiger charge is -2.25. The van der Waals surface area contributed by atoms with Crippen molar-refractivity contribution in [3.05, 3.63) is 151 Å². The summed E-state index contributed by atoms with van der Waals surface area (Å²) in [6, 6.07) is 43.1. The topological polar surface area (TPSA) is 65.1 Å². The minimum atomic E-state index is -0.414. The summed E-state index contributed by atoms with van der Waals surface area (Å²) in [6.45, 7) is 6.28. The molecule has 0 aliphatic carbocycles. The minimum absolute atomic E-state index is 0.329. The first kappa shape index (κ1) is 32.8. The molecule has 0 unspecified atom stereocenters. The Balaban J connectivity index is 1.10. The third kappa shape index (κ3) is 9.44. The predicted octanol–water partition coefficient (Wildman–Crippen LogP) is 10.1. The number of esters is 2. The van der Waals surface area contributed by atoms with Crippen molar-refractivity contribution in [2.24, 2.45) is 0 Å². The lowest BCUT2D eigenvalue weighted by molar-refractivity contribution is -0.139. The fourth-order valence-electron chi connectivity index (χ4n) is 5.01. The first-order chi connectivity index (χ1) is 23.0. The van der Waals surface area contributed by atoms with Gasteiger partial charge in [0.05, 0.1) is 18.8 Å². The molecule has 6 nitrogen and oxygen atoms in total. The highest BCUT2D eigenvalue weighted by molar-refractivity contribution is 5.92. The number of ether oxygens (including phenoxy) is 3. The zero-order valence-electron chi connectivity index (χ0n) is 26.6. The number of nitrogens with zero attached hydrogens (tertiary/aromatic N) is 1. The van der Waals surface area contributed by atoms with Crippen molar-refractivity contribution in [2.45, 2.75) is 32.6 Å². The molecule has 0 aliphatic rings. The van der Waals surface area contributed by atoms with Crippen LogP contribution in [0.25, 0.3) is 11.1 Å². The third-order valence-corrected chi connectivity index (χ3v) is 7.53. The molecule has 0 amide bonds. The summed E-state index contributed by atoms with van der Waals surface area (Å²) in [5.41, 5.74) is 5.94. The number of carbonyl (C=O) groups is 2. The predicted molar refractivity (Wildman–Crippen MR) is 188 cm³/mol. The molecule has 238 valence electrons. The highest BCUT2D eigenvalue weighted by Crippen LogP contribution is 2.34. The maximum atomic E-state index is 13.0. The first-order valence-corrected chi connectivity index (χ1v) is 15.9. The van der Waals surface area contributed by atoms with E-state index in [2.05, 4.69) is 35.7 Å². The van der Waals surface area contributed by atoms with Crippen molar-refractivity contribution < 1.29 is 23.8 Å². The molecule has 0 spiro atoms. The number of benzene rings is 5. The minimum Gasteiger partial charge on any atom is -0.494 e. The van der Waals surface area contributed by atoms with Gasteiger partial charge in [-0.3, -0.25) is 0 Å². The summed E-state index contributed by atoms with van der Waals surface area (Å²) in [4.78, 5) is 26.5. The van der Waals surface area contributed by atoms with E-state index in [1.54, 1.807) is 31.2 Å². The number of hydrogen-bond acceptors (Lipinski definition) is 6. The van der Waals surface area contributed by atoms with Crippen LogP contribution in [0.15, 0.2) is 146 Å². The van der Waals surface area contributed by atoms with E-state index in [0.29, 0.717) is 30.1 Å². The summed E-state index contributed by atoms with van der Waals surface area (Å²) < 4.78 is 16.7. The Labute approximate surface area is 276 Å². The average Bonchev–Trinajstić information content (AvgIpc) is 3.11. The molecule has 0 bridgehead atoms. The molecule has 5 aromatic carbocycles. The molecular weight excluding hydrogens is 586 g/mol. The van der Waals surface area contributed by atoms with Gasteiger partial charge in [0.1, 0.15) is 11.5 Å². The molecule has 0 N–H and O–H groups in total. The van der Waals surface area contributed by atoms with Gasteiger partial charge in [0.15, 0.2) is 0 Å². The van der Waals surface area contributed by atoms with Crippen LogP contribution in [0, 0.1) is 0 Å². The van der Waals surface area contributed by atoms with Gasteiger partial charge in [-0.15, -0.1) is 0 Å². The number of unbranched alkanes of at least 4 members (excludes halogenated alkanes) is 3. The molecule has 0 saturated heterocycles. The number of rotatable bonds is 15. The summed E-state index contributed by atoms with van der Waals surface area (Å²) in [7, 11) is 0. The van der Waals surface area contributed by atoms with Gasteiger partial charge in [0.25, 0.3) is 0 Å². The molecule has 47 heavy (non-hydrogen) atoms. The molecule has 0 aliphatic heterocycles. The van der Waals surface area contributed by atoms with E-state index in [1.807, 2.05) is 84.9 Å². The highest BCUT2D eigenvalue weighted by atomic mass is 16.5. The van der Waals surface area contributed by atoms with E-state index in [9.17, 15) is 9.59 Å². The Hall–Kier alpha value is -5.62. The fraction of sp³-hybridized carbons (Fsp3) is 0.171. The van der Waals surface area contributed by atoms with E-state index in [0.717, 1.165) is 59.6 Å². The Kier molecular flexibility index (Phi) is 11.6. The van der Waals surface area contributed by atoms with Crippen LogP contribution in [-0.4, -0.2) is 25.2 Å². The van der Waals surface area contributed by atoms with Gasteiger partial charge < -0.3 is 19.1 Å². The van der Waals surface area contributed by atoms with Crippen LogP contribution >= 0.6 is 0 Å². The van der Waals surface area contributed by atoms with Gasteiger partial charge in [0.2, 0.25) is 0 Å². The second kappa shape index (κ2) is 16.6. The van der Waals surface area contributed by atoms with Crippen molar-refractivity contribution in [3.63, 3.8) is 0 Å². The lowest BCUT2D eigenvalue weighted by Crippen LogP contribution is -2.11. The third-order valence-electron chi connectivity index (χ3n) is 7.53. The van der Waals surface area contributed by atoms with Gasteiger partial charge in [0, 0.05) is 22.6 Å². The van der Waals surface area contributed by atoms with Gasteiger partial charge in [-0.1, -0.05) is 67.2 Å². The largest absolute Gasteiger partial charge is 0.494 e. The smallest absolute Gasteiger partial charge is 0.343 e. The normalized spacial score (nSPS) is 10.6. The molecule has 5 rings (SSSR count). The van der Waals surface area contributed by atoms with E-state index in [1.165, 1.54) is 0 Å². The van der Waals surface area contributed by atoms with Crippen LogP contribution in [0.1, 0.15) is 43.0 Å². The summed E-state index contributed by atoms with van der Waals surface area (Å²) in [6.07, 6.45) is 3.75. The van der Waals surface area contributed by atoms with E-state index < -0.39 is 5.97 Å². The zero-order chi connectivity index (χ0) is 32.8. The maximum Gasteiger partial charge on any atom is 0.343 e. The first-order valence-electron chi connectivity index (χ1n) is 15.9. The number of hydrogen-bond donors (Lipinski definition) is 0. The van der Waals surface area contributed by atoms with Gasteiger partial charge in [-0.2, -0.15) is 0 Å². The monoisotopic (exact) mass is 625 g/mol. The van der Waals surface area contributed by atoms with Crippen LogP contribution in [0.2, 0.25) is 0 Å². The van der Waals surface area contributed by atoms with Crippen molar-refractivity contribution in [1.82, 2.24) is 0 Å². The molecule has 5 aromatic rings. The Morgan fingerprint density at radius 3 is 1.60 bits per heavy atom. The van der Waals surface area contributed by atoms with Gasteiger partial charge >= 0.3 is 11.9 Å². The quantitative estimate of drug-likeness (QED) is 0.0499. The molecule has 0 fully saturated rings. The van der Waals surface area contributed by atoms with Crippen molar-refractivity contribution >= 4 is 29.0 Å². The van der Waals surface area contributed by atoms with Crippen LogP contribution in [0.4, 0.5) is 17.1 Å². The lowest BCUT2D eigenvalue weighted by atomic mass is 10.1. The molecule has 0 aromatic heterocycles. The van der Waals surface area contributed by atoms with Crippen LogP contribution < -0.4 is 14.4 Å². The summed E-state index contributed by atoms with van der Waals surface area (Å²) in [5.74, 6) is 0.551. The molecule has 0 heterocycles. The van der Waals surface area contributed by atoms with Crippen LogP contribution in [-0.2, 0) is 9.53 Å². The van der Waals surface area contributed by atoms with Gasteiger partial charge in [-0.05, 0) is 117 Å². The molecule has 6 heteroatoms. The van der Waals surface area contributed by atoms with E-state index >= 15 is 0 Å². The number of para-hydroxylation sites is 2. The fourth-order valence-corrected chi connectivity index (χ4v) is 5.01.